The second kappa shape index (κ2) is 9.50. The van der Waals surface area contributed by atoms with Gasteiger partial charge in [0.05, 0.1) is 19.8 Å². The zero-order chi connectivity index (χ0) is 15.7. The minimum Gasteiger partial charge on any atom is -0.494 e. The minimum atomic E-state index is 0.0323. The number of ketones is 1. The van der Waals surface area contributed by atoms with Gasteiger partial charge < -0.3 is 14.6 Å². The van der Waals surface area contributed by atoms with Crippen molar-refractivity contribution in [3.05, 3.63) is 29.3 Å². The molecule has 0 saturated heterocycles. The second-order valence-corrected chi connectivity index (χ2v) is 4.80. The molecule has 1 rings (SSSR count). The third-order valence-corrected chi connectivity index (χ3v) is 3.19. The number of hydrogen-bond acceptors (Lipinski definition) is 5. The number of rotatable bonds is 10. The molecule has 0 spiro atoms. The summed E-state index contributed by atoms with van der Waals surface area (Å²) in [5.74, 6) is 0.813. The van der Waals surface area contributed by atoms with Gasteiger partial charge in [-0.05, 0) is 32.0 Å². The van der Waals surface area contributed by atoms with Crippen LogP contribution in [0.2, 0.25) is 0 Å². The molecule has 1 aromatic carbocycles. The van der Waals surface area contributed by atoms with E-state index in [0.29, 0.717) is 38.4 Å². The van der Waals surface area contributed by atoms with Gasteiger partial charge in [0.15, 0.2) is 5.78 Å². The van der Waals surface area contributed by atoms with Crippen molar-refractivity contribution in [1.82, 2.24) is 4.90 Å². The molecule has 0 bridgehead atoms. The lowest BCUT2D eigenvalue weighted by atomic mass is 10.1. The molecule has 21 heavy (non-hydrogen) atoms. The molecule has 1 aromatic rings. The molecule has 0 radical (unpaired) electrons. The van der Waals surface area contributed by atoms with Crippen LogP contribution in [0.3, 0.4) is 0 Å². The number of carbonyl (C=O) groups is 1. The summed E-state index contributed by atoms with van der Waals surface area (Å²) in [5.41, 5.74) is 1.62. The predicted molar refractivity (Wildman–Crippen MR) is 81.9 cm³/mol. The first-order valence-corrected chi connectivity index (χ1v) is 7.21. The highest BCUT2D eigenvalue weighted by molar-refractivity contribution is 5.94. The average molecular weight is 295 g/mol. The van der Waals surface area contributed by atoms with Crippen molar-refractivity contribution in [2.75, 3.05) is 40.0 Å². The summed E-state index contributed by atoms with van der Waals surface area (Å²) in [6, 6.07) is 5.48. The average Bonchev–Trinajstić information content (AvgIpc) is 2.46. The van der Waals surface area contributed by atoms with Crippen LogP contribution < -0.4 is 4.74 Å². The first kappa shape index (κ1) is 17.6. The van der Waals surface area contributed by atoms with E-state index in [1.54, 1.807) is 20.1 Å². The number of hydrogen-bond donors (Lipinski definition) is 1. The molecule has 118 valence electrons. The Labute approximate surface area is 126 Å². The Morgan fingerprint density at radius 2 is 2.10 bits per heavy atom. The lowest BCUT2D eigenvalue weighted by Gasteiger charge is -2.22. The van der Waals surface area contributed by atoms with E-state index in [0.717, 1.165) is 11.3 Å². The lowest BCUT2D eigenvalue weighted by molar-refractivity contribution is 0.101. The molecule has 5 heteroatoms. The molecular weight excluding hydrogens is 270 g/mol. The van der Waals surface area contributed by atoms with E-state index < -0.39 is 0 Å². The van der Waals surface area contributed by atoms with Gasteiger partial charge in [-0.1, -0.05) is 0 Å². The van der Waals surface area contributed by atoms with E-state index in [4.69, 9.17) is 14.6 Å². The standard InChI is InChI=1S/C16H25NO4/c1-4-21-16-6-5-14(13(2)19)11-15(16)12-17(7-9-18)8-10-20-3/h5-6,11,18H,4,7-10,12H2,1-3H3. The topological polar surface area (TPSA) is 59.0 Å². The summed E-state index contributed by atoms with van der Waals surface area (Å²) >= 11 is 0. The van der Waals surface area contributed by atoms with Crippen LogP contribution in [0.15, 0.2) is 18.2 Å². The zero-order valence-corrected chi connectivity index (χ0v) is 13.1. The maximum Gasteiger partial charge on any atom is 0.159 e. The number of aliphatic hydroxyl groups excluding tert-OH is 1. The maximum absolute atomic E-state index is 11.5. The SMILES string of the molecule is CCOc1ccc(C(C)=O)cc1CN(CCO)CCOC. The normalized spacial score (nSPS) is 10.9. The largest absolute Gasteiger partial charge is 0.494 e. The van der Waals surface area contributed by atoms with Gasteiger partial charge in [-0.15, -0.1) is 0 Å². The van der Waals surface area contributed by atoms with E-state index in [1.807, 2.05) is 19.1 Å². The Hall–Kier alpha value is -1.43. The van der Waals surface area contributed by atoms with E-state index in [-0.39, 0.29) is 12.4 Å². The van der Waals surface area contributed by atoms with E-state index in [9.17, 15) is 4.79 Å². The Kier molecular flexibility index (Phi) is 7.97. The maximum atomic E-state index is 11.5. The quantitative estimate of drug-likeness (QED) is 0.666. The molecule has 0 aliphatic rings. The number of Topliss-reactive ketones (excluding diaryl/α,β-unsaturated/α-hetero) is 1. The Bertz CT molecular complexity index is 448. The van der Waals surface area contributed by atoms with Crippen LogP contribution in [0.4, 0.5) is 0 Å². The van der Waals surface area contributed by atoms with E-state index in [2.05, 4.69) is 4.90 Å². The van der Waals surface area contributed by atoms with Crippen molar-refractivity contribution in [3.63, 3.8) is 0 Å². The second-order valence-electron chi connectivity index (χ2n) is 4.80. The van der Waals surface area contributed by atoms with Crippen LogP contribution in [0, 0.1) is 0 Å². The summed E-state index contributed by atoms with van der Waals surface area (Å²) in [5, 5.41) is 9.16. The molecule has 0 aromatic heterocycles. The summed E-state index contributed by atoms with van der Waals surface area (Å²) in [4.78, 5) is 13.6. The van der Waals surface area contributed by atoms with Crippen LogP contribution in [0.5, 0.6) is 5.75 Å². The Balaban J connectivity index is 2.94. The van der Waals surface area contributed by atoms with Crippen molar-refractivity contribution in [2.24, 2.45) is 0 Å². The van der Waals surface area contributed by atoms with Crippen molar-refractivity contribution in [3.8, 4) is 5.75 Å². The summed E-state index contributed by atoms with van der Waals surface area (Å²) in [6.07, 6.45) is 0. The molecule has 1 N–H and O–H groups in total. The molecule has 0 aliphatic carbocycles. The fourth-order valence-electron chi connectivity index (χ4n) is 2.09. The molecule has 0 saturated carbocycles. The lowest BCUT2D eigenvalue weighted by Crippen LogP contribution is -2.30. The van der Waals surface area contributed by atoms with Crippen LogP contribution in [0.1, 0.15) is 29.8 Å². The molecule has 0 heterocycles. The van der Waals surface area contributed by atoms with Gasteiger partial charge in [0.1, 0.15) is 5.75 Å². The third kappa shape index (κ3) is 5.83. The monoisotopic (exact) mass is 295 g/mol. The molecule has 0 fully saturated rings. The van der Waals surface area contributed by atoms with Gasteiger partial charge >= 0.3 is 0 Å². The van der Waals surface area contributed by atoms with Crippen LogP contribution in [-0.2, 0) is 11.3 Å². The smallest absolute Gasteiger partial charge is 0.159 e. The van der Waals surface area contributed by atoms with Crippen molar-refractivity contribution < 1.29 is 19.4 Å². The Morgan fingerprint density at radius 3 is 2.67 bits per heavy atom. The molecule has 5 nitrogen and oxygen atoms in total. The summed E-state index contributed by atoms with van der Waals surface area (Å²) < 4.78 is 10.7. The minimum absolute atomic E-state index is 0.0323. The molecule has 0 aliphatic heterocycles. The van der Waals surface area contributed by atoms with Gasteiger partial charge in [-0.3, -0.25) is 9.69 Å². The fraction of sp³-hybridized carbons (Fsp3) is 0.562. The third-order valence-electron chi connectivity index (χ3n) is 3.19. The molecule has 0 amide bonds. The fourth-order valence-corrected chi connectivity index (χ4v) is 2.09. The first-order chi connectivity index (χ1) is 10.1. The zero-order valence-electron chi connectivity index (χ0n) is 13.1. The van der Waals surface area contributed by atoms with Gasteiger partial charge in [0.2, 0.25) is 0 Å². The van der Waals surface area contributed by atoms with Gasteiger partial charge in [-0.25, -0.2) is 0 Å². The number of methoxy groups -OCH3 is 1. The van der Waals surface area contributed by atoms with Gasteiger partial charge in [0, 0.05) is 37.9 Å². The van der Waals surface area contributed by atoms with Gasteiger partial charge in [-0.2, -0.15) is 0 Å². The van der Waals surface area contributed by atoms with Crippen LogP contribution >= 0.6 is 0 Å². The highest BCUT2D eigenvalue weighted by atomic mass is 16.5. The number of nitrogens with zero attached hydrogens (tertiary/aromatic N) is 1. The van der Waals surface area contributed by atoms with Gasteiger partial charge in [0.25, 0.3) is 0 Å². The van der Waals surface area contributed by atoms with E-state index in [1.165, 1.54) is 0 Å². The first-order valence-electron chi connectivity index (χ1n) is 7.21. The Morgan fingerprint density at radius 1 is 1.33 bits per heavy atom. The van der Waals surface area contributed by atoms with Crippen LogP contribution in [-0.4, -0.2) is 55.8 Å². The van der Waals surface area contributed by atoms with Crippen molar-refractivity contribution in [1.29, 1.82) is 0 Å². The summed E-state index contributed by atoms with van der Waals surface area (Å²) in [7, 11) is 1.65. The molecule has 0 atom stereocenters. The van der Waals surface area contributed by atoms with Crippen molar-refractivity contribution >= 4 is 5.78 Å². The van der Waals surface area contributed by atoms with Crippen LogP contribution in [0.25, 0.3) is 0 Å². The number of ether oxygens (including phenoxy) is 2. The van der Waals surface area contributed by atoms with Crippen molar-refractivity contribution in [2.45, 2.75) is 20.4 Å². The highest BCUT2D eigenvalue weighted by Gasteiger charge is 2.12. The number of aliphatic hydroxyl groups is 1. The number of carbonyl (C=O) groups excluding carboxylic acids is 1. The molecular formula is C16H25NO4. The highest BCUT2D eigenvalue weighted by Crippen LogP contribution is 2.22. The predicted octanol–water partition coefficient (Wildman–Crippen LogP) is 1.73. The summed E-state index contributed by atoms with van der Waals surface area (Å²) in [6.45, 7) is 6.61. The molecule has 0 unspecified atom stereocenters. The number of benzene rings is 1. The van der Waals surface area contributed by atoms with E-state index >= 15 is 0 Å².